The molecule has 2 saturated heterocycles. The Labute approximate surface area is 187 Å². The molecule has 3 aliphatic rings. The molecule has 0 saturated carbocycles. The molecule has 154 valence electrons. The van der Waals surface area contributed by atoms with Crippen LogP contribution in [0.3, 0.4) is 0 Å². The summed E-state index contributed by atoms with van der Waals surface area (Å²) in [5.41, 5.74) is 2.35. The zero-order valence-electron chi connectivity index (χ0n) is 17.4. The van der Waals surface area contributed by atoms with Crippen molar-refractivity contribution in [3.8, 4) is 0 Å². The molecule has 0 N–H and O–H groups in total. The topological polar surface area (TPSA) is 26.3 Å². The van der Waals surface area contributed by atoms with E-state index in [9.17, 15) is 4.79 Å². The van der Waals surface area contributed by atoms with Crippen LogP contribution in [0, 0.1) is 5.92 Å². The Morgan fingerprint density at radius 3 is 2.32 bits per heavy atom. The zero-order valence-corrected chi connectivity index (χ0v) is 19.6. The van der Waals surface area contributed by atoms with Gasteiger partial charge in [-0.25, -0.2) is 0 Å². The van der Waals surface area contributed by atoms with E-state index in [1.807, 2.05) is 6.07 Å². The first-order chi connectivity index (χ1) is 13.0. The largest absolute Gasteiger partial charge is 1.00 e. The third-order valence-electron chi connectivity index (χ3n) is 7.70. The summed E-state index contributed by atoms with van der Waals surface area (Å²) in [5, 5.41) is 0. The lowest BCUT2D eigenvalue weighted by molar-refractivity contribution is -0.968. The predicted octanol–water partition coefficient (Wildman–Crippen LogP) is 1.97. The van der Waals surface area contributed by atoms with Crippen LogP contribution in [-0.4, -0.2) is 41.7 Å². The Morgan fingerprint density at radius 2 is 1.71 bits per heavy atom. The van der Waals surface area contributed by atoms with Crippen LogP contribution in [-0.2, 0) is 9.53 Å². The monoisotopic (exact) mass is 495 g/mol. The Bertz CT molecular complexity index is 701. The third kappa shape index (κ3) is 3.91. The van der Waals surface area contributed by atoms with E-state index in [0.29, 0.717) is 18.1 Å². The van der Waals surface area contributed by atoms with Crippen molar-refractivity contribution in [3.63, 3.8) is 0 Å². The number of hydrogen-bond acceptors (Lipinski definition) is 2. The summed E-state index contributed by atoms with van der Waals surface area (Å²) in [5.74, 6) is -0.0819. The number of quaternary nitrogens is 1. The third-order valence-corrected chi connectivity index (χ3v) is 7.70. The van der Waals surface area contributed by atoms with E-state index in [0.717, 1.165) is 32.1 Å². The lowest BCUT2D eigenvalue weighted by Crippen LogP contribution is -3.00. The van der Waals surface area contributed by atoms with Crippen LogP contribution in [0.1, 0.15) is 64.4 Å². The number of carbonyl (C=O) groups excluding carboxylic acids is 1. The lowest BCUT2D eigenvalue weighted by Gasteiger charge is -2.49. The Balaban J connectivity index is 0.00000225. The maximum atomic E-state index is 13.1. The fourth-order valence-corrected chi connectivity index (χ4v) is 5.89. The van der Waals surface area contributed by atoms with Crippen molar-refractivity contribution >= 4 is 11.5 Å². The molecule has 1 aromatic carbocycles. The molecular formula is C24H34INO2. The molecular weight excluding hydrogens is 461 g/mol. The van der Waals surface area contributed by atoms with Gasteiger partial charge >= 0.3 is 5.97 Å². The number of piperidine rings is 1. The first-order valence-electron chi connectivity index (χ1n) is 10.8. The van der Waals surface area contributed by atoms with Gasteiger partial charge in [0, 0.05) is 25.7 Å². The molecule has 4 rings (SSSR count). The van der Waals surface area contributed by atoms with Crippen LogP contribution in [0.15, 0.2) is 36.4 Å². The standard InChI is InChI=1S/C24H34NO2.HI/c1-17(2)25(3)19-13-14-20(25)16-21(15-19)27-24(26)23-12-8-7-11-22(23)18-9-5-4-6-10-18;/h4-6,9-11,17,19-21,23H,7-8,12-16H2,1-3H3;1H/q+1;/p-1. The van der Waals surface area contributed by atoms with Gasteiger partial charge in [0.05, 0.1) is 31.1 Å². The average Bonchev–Trinajstić information content (AvgIpc) is 2.86. The molecule has 1 aromatic rings. The van der Waals surface area contributed by atoms with Crippen LogP contribution >= 0.6 is 0 Å². The maximum Gasteiger partial charge on any atom is 0.313 e. The summed E-state index contributed by atoms with van der Waals surface area (Å²) >= 11 is 0. The first-order valence-corrected chi connectivity index (χ1v) is 10.8. The molecule has 0 amide bonds. The second-order valence-electron chi connectivity index (χ2n) is 9.24. The number of fused-ring (bicyclic) bond motifs is 2. The van der Waals surface area contributed by atoms with Crippen LogP contribution < -0.4 is 24.0 Å². The van der Waals surface area contributed by atoms with Gasteiger partial charge in [-0.05, 0) is 44.2 Å². The number of ether oxygens (including phenoxy) is 1. The molecule has 0 aromatic heterocycles. The van der Waals surface area contributed by atoms with Gasteiger partial charge in [-0.3, -0.25) is 4.79 Å². The van der Waals surface area contributed by atoms with E-state index < -0.39 is 0 Å². The minimum Gasteiger partial charge on any atom is -1.00 e. The maximum absolute atomic E-state index is 13.1. The minimum absolute atomic E-state index is 0. The van der Waals surface area contributed by atoms with Crippen molar-refractivity contribution < 1.29 is 38.0 Å². The second kappa shape index (κ2) is 8.86. The molecule has 3 nitrogen and oxygen atoms in total. The fraction of sp³-hybridized carbons (Fsp3) is 0.625. The lowest BCUT2D eigenvalue weighted by atomic mass is 9.83. The molecule has 0 radical (unpaired) electrons. The Kier molecular flexibility index (Phi) is 6.91. The predicted molar refractivity (Wildman–Crippen MR) is 109 cm³/mol. The molecule has 2 heterocycles. The first kappa shape index (κ1) is 21.8. The number of hydrogen-bond donors (Lipinski definition) is 0. The minimum atomic E-state index is -0.0910. The molecule has 4 heteroatoms. The van der Waals surface area contributed by atoms with Gasteiger partial charge < -0.3 is 33.2 Å². The number of esters is 1. The zero-order chi connectivity index (χ0) is 19.0. The quantitative estimate of drug-likeness (QED) is 0.363. The number of allylic oxidation sites excluding steroid dienone is 1. The van der Waals surface area contributed by atoms with E-state index >= 15 is 0 Å². The number of benzene rings is 1. The summed E-state index contributed by atoms with van der Waals surface area (Å²) < 4.78 is 7.32. The van der Waals surface area contributed by atoms with E-state index in [4.69, 9.17) is 4.74 Å². The van der Waals surface area contributed by atoms with E-state index in [-0.39, 0.29) is 42.0 Å². The molecule has 28 heavy (non-hydrogen) atoms. The van der Waals surface area contributed by atoms with Crippen molar-refractivity contribution in [2.24, 2.45) is 5.92 Å². The Hall–Kier alpha value is -0.880. The molecule has 2 aliphatic heterocycles. The number of carbonyl (C=O) groups is 1. The molecule has 2 fully saturated rings. The summed E-state index contributed by atoms with van der Waals surface area (Å²) in [6.07, 6.45) is 10.1. The van der Waals surface area contributed by atoms with Gasteiger partial charge in [0.1, 0.15) is 6.10 Å². The van der Waals surface area contributed by atoms with Gasteiger partial charge in [0.25, 0.3) is 0 Å². The van der Waals surface area contributed by atoms with Crippen molar-refractivity contribution in [2.75, 3.05) is 7.05 Å². The molecule has 3 atom stereocenters. The highest BCUT2D eigenvalue weighted by Crippen LogP contribution is 2.44. The highest BCUT2D eigenvalue weighted by molar-refractivity contribution is 5.89. The smallest absolute Gasteiger partial charge is 0.313 e. The van der Waals surface area contributed by atoms with Crippen molar-refractivity contribution in [1.82, 2.24) is 0 Å². The summed E-state index contributed by atoms with van der Waals surface area (Å²) in [6, 6.07) is 12.3. The van der Waals surface area contributed by atoms with Crippen LogP contribution in [0.4, 0.5) is 0 Å². The van der Waals surface area contributed by atoms with Crippen molar-refractivity contribution in [1.29, 1.82) is 0 Å². The second-order valence-corrected chi connectivity index (χ2v) is 9.24. The van der Waals surface area contributed by atoms with Crippen LogP contribution in [0.25, 0.3) is 5.57 Å². The molecule has 1 aliphatic carbocycles. The fourth-order valence-electron chi connectivity index (χ4n) is 5.89. The highest BCUT2D eigenvalue weighted by Gasteiger charge is 2.53. The van der Waals surface area contributed by atoms with E-state index in [1.165, 1.54) is 28.5 Å². The molecule has 3 unspecified atom stereocenters. The normalized spacial score (nSPS) is 34.5. The van der Waals surface area contributed by atoms with Gasteiger partial charge in [-0.15, -0.1) is 0 Å². The number of rotatable bonds is 4. The van der Waals surface area contributed by atoms with E-state index in [2.05, 4.69) is 51.2 Å². The molecule has 2 bridgehead atoms. The SMILES string of the molecule is CC(C)[N+]1(C)C2CCC1CC(OC(=O)C1CCCC=C1c1ccccc1)C2.[I-]. The molecule has 0 spiro atoms. The van der Waals surface area contributed by atoms with Crippen molar-refractivity contribution in [3.05, 3.63) is 42.0 Å². The Morgan fingerprint density at radius 1 is 1.07 bits per heavy atom. The number of nitrogens with zero attached hydrogens (tertiary/aromatic N) is 1. The average molecular weight is 495 g/mol. The number of halogens is 1. The highest BCUT2D eigenvalue weighted by atomic mass is 127. The summed E-state index contributed by atoms with van der Waals surface area (Å²) in [4.78, 5) is 13.1. The van der Waals surface area contributed by atoms with Gasteiger partial charge in [-0.1, -0.05) is 36.4 Å². The summed E-state index contributed by atoms with van der Waals surface area (Å²) in [7, 11) is 2.42. The van der Waals surface area contributed by atoms with Crippen LogP contribution in [0.5, 0.6) is 0 Å². The summed E-state index contributed by atoms with van der Waals surface area (Å²) in [6.45, 7) is 4.69. The van der Waals surface area contributed by atoms with Gasteiger partial charge in [0.2, 0.25) is 0 Å². The van der Waals surface area contributed by atoms with Crippen molar-refractivity contribution in [2.45, 2.75) is 83.0 Å². The van der Waals surface area contributed by atoms with Crippen LogP contribution in [0.2, 0.25) is 0 Å². The van der Waals surface area contributed by atoms with E-state index in [1.54, 1.807) is 0 Å². The van der Waals surface area contributed by atoms with Gasteiger partial charge in [0.15, 0.2) is 0 Å². The van der Waals surface area contributed by atoms with Gasteiger partial charge in [-0.2, -0.15) is 0 Å².